The van der Waals surface area contributed by atoms with Gasteiger partial charge in [0, 0.05) is 18.0 Å². The summed E-state index contributed by atoms with van der Waals surface area (Å²) >= 11 is 0. The van der Waals surface area contributed by atoms with Crippen LogP contribution in [0.5, 0.6) is 0 Å². The standard InChI is InChI=1S/C19H21N3O2/c1-12-15(9-10-16(21-12)13-5-3-2-4-6-13)19(24)22-17(11-18(20)23)14-7-8-14/h2-6,9-10,14,17H,7-8,11H2,1H3,(H2,20,23)(H,22,24)/t17-/m1/s1. The monoisotopic (exact) mass is 323 g/mol. The van der Waals surface area contributed by atoms with Crippen LogP contribution in [0.25, 0.3) is 11.3 Å². The van der Waals surface area contributed by atoms with E-state index in [2.05, 4.69) is 10.3 Å². The lowest BCUT2D eigenvalue weighted by Crippen LogP contribution is -2.39. The van der Waals surface area contributed by atoms with E-state index in [0.717, 1.165) is 24.1 Å². The Morgan fingerprint density at radius 2 is 1.92 bits per heavy atom. The van der Waals surface area contributed by atoms with Crippen LogP contribution in [-0.2, 0) is 4.79 Å². The zero-order valence-electron chi connectivity index (χ0n) is 13.7. The molecule has 3 rings (SSSR count). The first-order valence-electron chi connectivity index (χ1n) is 8.17. The number of carbonyl (C=O) groups is 2. The van der Waals surface area contributed by atoms with Gasteiger partial charge < -0.3 is 11.1 Å². The van der Waals surface area contributed by atoms with Gasteiger partial charge in [-0.2, -0.15) is 0 Å². The van der Waals surface area contributed by atoms with Crippen molar-refractivity contribution in [3.8, 4) is 11.3 Å². The Kier molecular flexibility index (Phi) is 4.60. The largest absolute Gasteiger partial charge is 0.370 e. The molecule has 0 radical (unpaired) electrons. The average Bonchev–Trinajstić information content (AvgIpc) is 3.39. The number of aromatic nitrogens is 1. The number of nitrogens with zero attached hydrogens (tertiary/aromatic N) is 1. The van der Waals surface area contributed by atoms with E-state index in [4.69, 9.17) is 5.73 Å². The molecule has 0 saturated heterocycles. The number of hydrogen-bond acceptors (Lipinski definition) is 3. The van der Waals surface area contributed by atoms with Gasteiger partial charge in [-0.3, -0.25) is 14.6 Å². The molecule has 1 aliphatic rings. The molecule has 0 bridgehead atoms. The number of aryl methyl sites for hydroxylation is 1. The van der Waals surface area contributed by atoms with Crippen LogP contribution in [0.15, 0.2) is 42.5 Å². The Morgan fingerprint density at radius 3 is 2.50 bits per heavy atom. The summed E-state index contributed by atoms with van der Waals surface area (Å²) < 4.78 is 0. The number of primary amides is 1. The maximum absolute atomic E-state index is 12.5. The van der Waals surface area contributed by atoms with Crippen molar-refractivity contribution in [3.05, 3.63) is 53.7 Å². The van der Waals surface area contributed by atoms with E-state index < -0.39 is 0 Å². The van der Waals surface area contributed by atoms with Crippen LogP contribution in [0, 0.1) is 12.8 Å². The van der Waals surface area contributed by atoms with Crippen LogP contribution in [0.2, 0.25) is 0 Å². The SMILES string of the molecule is Cc1nc(-c2ccccc2)ccc1C(=O)N[C@H](CC(N)=O)C1CC1. The molecule has 0 aliphatic heterocycles. The van der Waals surface area contributed by atoms with E-state index >= 15 is 0 Å². The Labute approximate surface area is 141 Å². The van der Waals surface area contributed by atoms with Crippen LogP contribution in [0.4, 0.5) is 0 Å². The zero-order valence-corrected chi connectivity index (χ0v) is 13.7. The van der Waals surface area contributed by atoms with Crippen molar-refractivity contribution >= 4 is 11.8 Å². The molecule has 5 nitrogen and oxygen atoms in total. The summed E-state index contributed by atoms with van der Waals surface area (Å²) in [5.74, 6) is -0.224. The van der Waals surface area contributed by atoms with Gasteiger partial charge in [0.05, 0.1) is 17.0 Å². The fourth-order valence-corrected chi connectivity index (χ4v) is 2.87. The molecule has 1 saturated carbocycles. The third-order valence-electron chi connectivity index (χ3n) is 4.33. The molecule has 1 heterocycles. The van der Waals surface area contributed by atoms with E-state index in [1.807, 2.05) is 43.3 Å². The molecule has 5 heteroatoms. The number of pyridine rings is 1. The molecule has 3 N–H and O–H groups in total. The third-order valence-corrected chi connectivity index (χ3v) is 4.33. The third kappa shape index (κ3) is 3.79. The molecule has 1 fully saturated rings. The van der Waals surface area contributed by atoms with Gasteiger partial charge in [0.25, 0.3) is 5.91 Å². The lowest BCUT2D eigenvalue weighted by molar-refractivity contribution is -0.118. The second-order valence-electron chi connectivity index (χ2n) is 6.28. The maximum atomic E-state index is 12.5. The quantitative estimate of drug-likeness (QED) is 0.856. The lowest BCUT2D eigenvalue weighted by atomic mass is 10.1. The van der Waals surface area contributed by atoms with E-state index in [1.54, 1.807) is 6.07 Å². The van der Waals surface area contributed by atoms with Crippen LogP contribution < -0.4 is 11.1 Å². The van der Waals surface area contributed by atoms with Gasteiger partial charge in [0.2, 0.25) is 5.91 Å². The summed E-state index contributed by atoms with van der Waals surface area (Å²) in [6.07, 6.45) is 2.25. The average molecular weight is 323 g/mol. The topological polar surface area (TPSA) is 85.1 Å². The van der Waals surface area contributed by atoms with Crippen molar-refractivity contribution in [1.82, 2.24) is 10.3 Å². The highest BCUT2D eigenvalue weighted by molar-refractivity contribution is 5.96. The minimum absolute atomic E-state index is 0.178. The molecule has 0 unspecified atom stereocenters. The van der Waals surface area contributed by atoms with Crippen LogP contribution >= 0.6 is 0 Å². The summed E-state index contributed by atoms with van der Waals surface area (Å²) in [5.41, 5.74) is 8.33. The van der Waals surface area contributed by atoms with Crippen molar-refractivity contribution in [3.63, 3.8) is 0 Å². The van der Waals surface area contributed by atoms with E-state index in [0.29, 0.717) is 17.2 Å². The van der Waals surface area contributed by atoms with Gasteiger partial charge in [-0.15, -0.1) is 0 Å². The van der Waals surface area contributed by atoms with Crippen molar-refractivity contribution < 1.29 is 9.59 Å². The van der Waals surface area contributed by atoms with Gasteiger partial charge >= 0.3 is 0 Å². The molecule has 124 valence electrons. The zero-order chi connectivity index (χ0) is 17.1. The predicted octanol–water partition coefficient (Wildman–Crippen LogP) is 2.44. The summed E-state index contributed by atoms with van der Waals surface area (Å²) in [4.78, 5) is 28.3. The van der Waals surface area contributed by atoms with Crippen molar-refractivity contribution in [2.24, 2.45) is 11.7 Å². The molecule has 24 heavy (non-hydrogen) atoms. The summed E-state index contributed by atoms with van der Waals surface area (Å²) in [6.45, 7) is 1.82. The molecule has 1 aromatic carbocycles. The van der Waals surface area contributed by atoms with Gasteiger partial charge in [-0.25, -0.2) is 0 Å². The molecular formula is C19H21N3O2. The first-order valence-corrected chi connectivity index (χ1v) is 8.17. The van der Waals surface area contributed by atoms with Crippen LogP contribution in [-0.4, -0.2) is 22.8 Å². The molecule has 1 aromatic heterocycles. The van der Waals surface area contributed by atoms with Gasteiger partial charge in [-0.1, -0.05) is 30.3 Å². The van der Waals surface area contributed by atoms with Crippen molar-refractivity contribution in [1.29, 1.82) is 0 Å². The number of rotatable bonds is 6. The number of nitrogens with one attached hydrogen (secondary N) is 1. The Morgan fingerprint density at radius 1 is 1.21 bits per heavy atom. The lowest BCUT2D eigenvalue weighted by Gasteiger charge is -2.17. The minimum atomic E-state index is -0.388. The van der Waals surface area contributed by atoms with Crippen molar-refractivity contribution in [2.75, 3.05) is 0 Å². The number of hydrogen-bond donors (Lipinski definition) is 2. The molecular weight excluding hydrogens is 302 g/mol. The van der Waals surface area contributed by atoms with E-state index in [9.17, 15) is 9.59 Å². The number of nitrogens with two attached hydrogens (primary N) is 1. The summed E-state index contributed by atoms with van der Waals surface area (Å²) in [7, 11) is 0. The van der Waals surface area contributed by atoms with Gasteiger partial charge in [0.1, 0.15) is 0 Å². The number of benzene rings is 1. The van der Waals surface area contributed by atoms with Crippen molar-refractivity contribution in [2.45, 2.75) is 32.2 Å². The van der Waals surface area contributed by atoms with Gasteiger partial charge in [-0.05, 0) is 37.8 Å². The first-order chi connectivity index (χ1) is 11.5. The molecule has 2 aromatic rings. The first kappa shape index (κ1) is 16.2. The Balaban J connectivity index is 1.76. The van der Waals surface area contributed by atoms with E-state index in [1.165, 1.54) is 0 Å². The molecule has 0 spiro atoms. The summed E-state index contributed by atoms with van der Waals surface area (Å²) in [5, 5.41) is 2.95. The maximum Gasteiger partial charge on any atom is 0.253 e. The molecule has 2 amide bonds. The number of amides is 2. The fourth-order valence-electron chi connectivity index (χ4n) is 2.87. The van der Waals surface area contributed by atoms with E-state index in [-0.39, 0.29) is 24.3 Å². The fraction of sp³-hybridized carbons (Fsp3) is 0.316. The normalized spacial score (nSPS) is 14.9. The number of carbonyl (C=O) groups excluding carboxylic acids is 2. The Bertz CT molecular complexity index is 754. The smallest absolute Gasteiger partial charge is 0.253 e. The Hall–Kier alpha value is -2.69. The van der Waals surface area contributed by atoms with Gasteiger partial charge in [0.15, 0.2) is 0 Å². The summed E-state index contributed by atoms with van der Waals surface area (Å²) in [6, 6.07) is 13.3. The molecule has 1 atom stereocenters. The highest BCUT2D eigenvalue weighted by Gasteiger charge is 2.33. The highest BCUT2D eigenvalue weighted by atomic mass is 16.2. The molecule has 1 aliphatic carbocycles. The highest BCUT2D eigenvalue weighted by Crippen LogP contribution is 2.34. The van der Waals surface area contributed by atoms with Crippen LogP contribution in [0.3, 0.4) is 0 Å². The predicted molar refractivity (Wildman–Crippen MR) is 92.2 cm³/mol. The second-order valence-corrected chi connectivity index (χ2v) is 6.28. The van der Waals surface area contributed by atoms with Crippen LogP contribution in [0.1, 0.15) is 35.3 Å². The minimum Gasteiger partial charge on any atom is -0.370 e. The second kappa shape index (κ2) is 6.83.